The van der Waals surface area contributed by atoms with Gasteiger partial charge in [0.2, 0.25) is 5.91 Å². The van der Waals surface area contributed by atoms with Crippen molar-refractivity contribution in [3.05, 3.63) is 29.3 Å². The lowest BCUT2D eigenvalue weighted by atomic mass is 10.0. The minimum Gasteiger partial charge on any atom is -0.307 e. The predicted octanol–water partition coefficient (Wildman–Crippen LogP) is 2.83. The van der Waals surface area contributed by atoms with Crippen molar-refractivity contribution in [1.29, 1.82) is 0 Å². The van der Waals surface area contributed by atoms with Gasteiger partial charge in [-0.25, -0.2) is 4.79 Å². The Morgan fingerprint density at radius 1 is 1.27 bits per heavy atom. The summed E-state index contributed by atoms with van der Waals surface area (Å²) in [7, 11) is 0. The van der Waals surface area contributed by atoms with Gasteiger partial charge in [-0.1, -0.05) is 24.1 Å². The third-order valence-corrected chi connectivity index (χ3v) is 4.17. The second-order valence-electron chi connectivity index (χ2n) is 6.14. The summed E-state index contributed by atoms with van der Waals surface area (Å²) in [5, 5.41) is 5.13. The van der Waals surface area contributed by atoms with Gasteiger partial charge in [-0.3, -0.25) is 15.0 Å². The first-order chi connectivity index (χ1) is 10.5. The molecule has 3 amide bonds. The zero-order valence-corrected chi connectivity index (χ0v) is 13.6. The Hall–Kier alpha value is -1.88. The lowest BCUT2D eigenvalue weighted by Crippen LogP contribution is -2.46. The zero-order chi connectivity index (χ0) is 16.1. The molecule has 0 saturated carbocycles. The summed E-state index contributed by atoms with van der Waals surface area (Å²) in [5.74, 6) is -0.254. The molecule has 120 valence electrons. The van der Waals surface area contributed by atoms with Gasteiger partial charge in [-0.2, -0.15) is 0 Å². The molecular weight excluding hydrogens is 278 g/mol. The molecule has 5 heteroatoms. The number of aryl methyl sites for hydroxylation is 2. The summed E-state index contributed by atoms with van der Waals surface area (Å²) in [6, 6.07) is 5.71. The van der Waals surface area contributed by atoms with Gasteiger partial charge in [0.1, 0.15) is 0 Å². The van der Waals surface area contributed by atoms with Crippen LogP contribution in [0.5, 0.6) is 0 Å². The normalized spacial score (nSPS) is 18.8. The fourth-order valence-corrected chi connectivity index (χ4v) is 2.85. The van der Waals surface area contributed by atoms with Crippen molar-refractivity contribution in [2.45, 2.75) is 46.1 Å². The first-order valence-corrected chi connectivity index (χ1v) is 7.88. The summed E-state index contributed by atoms with van der Waals surface area (Å²) in [6.45, 7) is 7.26. The van der Waals surface area contributed by atoms with E-state index in [9.17, 15) is 9.59 Å². The van der Waals surface area contributed by atoms with Gasteiger partial charge in [0, 0.05) is 11.7 Å². The SMILES string of the molecule is Cc1ccc(NC(=O)NC(=O)CN2CCCC[C@@H]2C)c(C)c1. The zero-order valence-electron chi connectivity index (χ0n) is 13.6. The summed E-state index contributed by atoms with van der Waals surface area (Å²) in [5.41, 5.74) is 2.84. The van der Waals surface area contributed by atoms with Crippen LogP contribution < -0.4 is 10.6 Å². The van der Waals surface area contributed by atoms with E-state index in [1.165, 1.54) is 6.42 Å². The van der Waals surface area contributed by atoms with E-state index in [2.05, 4.69) is 22.5 Å². The quantitative estimate of drug-likeness (QED) is 0.902. The smallest absolute Gasteiger partial charge is 0.307 e. The van der Waals surface area contributed by atoms with E-state index in [1.54, 1.807) is 0 Å². The fourth-order valence-electron chi connectivity index (χ4n) is 2.85. The number of imide groups is 1. The minimum absolute atomic E-state index is 0.254. The molecular formula is C17H25N3O2. The average molecular weight is 303 g/mol. The Morgan fingerprint density at radius 2 is 2.05 bits per heavy atom. The molecule has 1 atom stereocenters. The van der Waals surface area contributed by atoms with Crippen LogP contribution in [0.3, 0.4) is 0 Å². The summed E-state index contributed by atoms with van der Waals surface area (Å²) < 4.78 is 0. The maximum atomic E-state index is 12.0. The van der Waals surface area contributed by atoms with Gasteiger partial charge >= 0.3 is 6.03 Å². The lowest BCUT2D eigenvalue weighted by Gasteiger charge is -2.32. The molecule has 1 aromatic carbocycles. The van der Waals surface area contributed by atoms with Gasteiger partial charge in [0.15, 0.2) is 0 Å². The monoisotopic (exact) mass is 303 g/mol. The van der Waals surface area contributed by atoms with Crippen LogP contribution in [0.25, 0.3) is 0 Å². The van der Waals surface area contributed by atoms with E-state index in [4.69, 9.17) is 0 Å². The first kappa shape index (κ1) is 16.5. The third-order valence-electron chi connectivity index (χ3n) is 4.17. The number of hydrogen-bond donors (Lipinski definition) is 2. The van der Waals surface area contributed by atoms with E-state index < -0.39 is 6.03 Å². The first-order valence-electron chi connectivity index (χ1n) is 7.88. The van der Waals surface area contributed by atoms with E-state index in [-0.39, 0.29) is 12.5 Å². The third kappa shape index (κ3) is 4.56. The molecule has 1 saturated heterocycles. The topological polar surface area (TPSA) is 61.4 Å². The second-order valence-corrected chi connectivity index (χ2v) is 6.14. The Labute approximate surface area is 132 Å². The highest BCUT2D eigenvalue weighted by molar-refractivity contribution is 6.02. The standard InChI is InChI=1S/C17H25N3O2/c1-12-7-8-15(13(2)10-12)18-17(22)19-16(21)11-20-9-5-4-6-14(20)3/h7-8,10,14H,4-6,9,11H2,1-3H3,(H2,18,19,21,22)/t14-/m0/s1. The molecule has 2 N–H and O–H groups in total. The van der Waals surface area contributed by atoms with Gasteiger partial charge in [-0.05, 0) is 51.8 Å². The Balaban J connectivity index is 1.84. The molecule has 2 rings (SSSR count). The number of nitrogens with zero attached hydrogens (tertiary/aromatic N) is 1. The number of nitrogens with one attached hydrogen (secondary N) is 2. The lowest BCUT2D eigenvalue weighted by molar-refractivity contribution is -0.121. The Morgan fingerprint density at radius 3 is 2.73 bits per heavy atom. The highest BCUT2D eigenvalue weighted by Crippen LogP contribution is 2.16. The number of hydrogen-bond acceptors (Lipinski definition) is 3. The van der Waals surface area contributed by atoms with Gasteiger partial charge < -0.3 is 5.32 Å². The van der Waals surface area contributed by atoms with Crippen molar-refractivity contribution in [2.24, 2.45) is 0 Å². The highest BCUT2D eigenvalue weighted by Gasteiger charge is 2.21. The Bertz CT molecular complexity index is 557. The van der Waals surface area contributed by atoms with Crippen molar-refractivity contribution in [3.63, 3.8) is 0 Å². The van der Waals surface area contributed by atoms with Crippen molar-refractivity contribution in [2.75, 3.05) is 18.4 Å². The molecule has 5 nitrogen and oxygen atoms in total. The number of carbonyl (C=O) groups is 2. The molecule has 1 aromatic rings. The van der Waals surface area contributed by atoms with Gasteiger partial charge in [0.25, 0.3) is 0 Å². The van der Waals surface area contributed by atoms with E-state index in [0.29, 0.717) is 6.04 Å². The van der Waals surface area contributed by atoms with E-state index in [0.717, 1.165) is 36.2 Å². The number of amides is 3. The van der Waals surface area contributed by atoms with Crippen LogP contribution >= 0.6 is 0 Å². The van der Waals surface area contributed by atoms with Crippen LogP contribution in [0.15, 0.2) is 18.2 Å². The maximum Gasteiger partial charge on any atom is 0.325 e. The minimum atomic E-state index is -0.471. The number of rotatable bonds is 3. The molecule has 1 aliphatic heterocycles. The summed E-state index contributed by atoms with van der Waals surface area (Å²) in [6.07, 6.45) is 3.45. The molecule has 22 heavy (non-hydrogen) atoms. The van der Waals surface area contributed by atoms with E-state index >= 15 is 0 Å². The molecule has 0 aromatic heterocycles. The van der Waals surface area contributed by atoms with Crippen molar-refractivity contribution in [1.82, 2.24) is 10.2 Å². The summed E-state index contributed by atoms with van der Waals surface area (Å²) in [4.78, 5) is 26.0. The average Bonchev–Trinajstić information content (AvgIpc) is 2.44. The van der Waals surface area contributed by atoms with Crippen molar-refractivity contribution in [3.8, 4) is 0 Å². The number of carbonyl (C=O) groups excluding carboxylic acids is 2. The van der Waals surface area contributed by atoms with Crippen LogP contribution in [-0.4, -0.2) is 36.0 Å². The largest absolute Gasteiger partial charge is 0.325 e. The van der Waals surface area contributed by atoms with Crippen LogP contribution in [0.1, 0.15) is 37.3 Å². The van der Waals surface area contributed by atoms with Crippen LogP contribution in [-0.2, 0) is 4.79 Å². The number of piperidine rings is 1. The van der Waals surface area contributed by atoms with Gasteiger partial charge in [-0.15, -0.1) is 0 Å². The van der Waals surface area contributed by atoms with Gasteiger partial charge in [0.05, 0.1) is 6.54 Å². The molecule has 1 aliphatic rings. The molecule has 0 bridgehead atoms. The number of benzene rings is 1. The molecule has 0 unspecified atom stereocenters. The highest BCUT2D eigenvalue weighted by atomic mass is 16.2. The molecule has 1 fully saturated rings. The molecule has 1 heterocycles. The van der Waals surface area contributed by atoms with Crippen molar-refractivity contribution < 1.29 is 9.59 Å². The second kappa shape index (κ2) is 7.40. The molecule has 0 spiro atoms. The predicted molar refractivity (Wildman–Crippen MR) is 88.0 cm³/mol. The number of urea groups is 1. The Kier molecular flexibility index (Phi) is 5.55. The molecule has 0 aliphatic carbocycles. The van der Waals surface area contributed by atoms with E-state index in [1.807, 2.05) is 32.0 Å². The fraction of sp³-hybridized carbons (Fsp3) is 0.529. The summed E-state index contributed by atoms with van der Waals surface area (Å²) >= 11 is 0. The number of anilines is 1. The molecule has 0 radical (unpaired) electrons. The van der Waals surface area contributed by atoms with Crippen LogP contribution in [0.4, 0.5) is 10.5 Å². The van der Waals surface area contributed by atoms with Crippen molar-refractivity contribution >= 4 is 17.6 Å². The van der Waals surface area contributed by atoms with Crippen LogP contribution in [0, 0.1) is 13.8 Å². The van der Waals surface area contributed by atoms with Crippen LogP contribution in [0.2, 0.25) is 0 Å². The maximum absolute atomic E-state index is 12.0. The number of likely N-dealkylation sites (tertiary alicyclic amines) is 1.